The Morgan fingerprint density at radius 2 is 2.25 bits per heavy atom. The van der Waals surface area contributed by atoms with Crippen LogP contribution in [0.25, 0.3) is 0 Å². The molecular weight excluding hydrogens is 146 g/mol. The first-order chi connectivity index (χ1) is 5.79. The first-order valence-electron chi connectivity index (χ1n) is 4.72. The number of aromatic nitrogens is 1. The Hall–Kier alpha value is -0.850. The number of fused-ring (bicyclic) bond motifs is 1. The summed E-state index contributed by atoms with van der Waals surface area (Å²) in [5, 5.41) is 0. The highest BCUT2D eigenvalue weighted by molar-refractivity contribution is 5.29. The number of nitrogens with zero attached hydrogens (tertiary/aromatic N) is 1. The van der Waals surface area contributed by atoms with Crippen molar-refractivity contribution in [1.82, 2.24) is 4.98 Å². The first-order valence-corrected chi connectivity index (χ1v) is 4.72. The molecule has 0 fully saturated rings. The molecule has 0 bridgehead atoms. The molecule has 2 unspecified atom stereocenters. The van der Waals surface area contributed by atoms with Crippen LogP contribution >= 0.6 is 0 Å². The smallest absolute Gasteiger partial charge is 0.0302 e. The van der Waals surface area contributed by atoms with E-state index >= 15 is 0 Å². The van der Waals surface area contributed by atoms with Gasteiger partial charge in [-0.2, -0.15) is 0 Å². The van der Waals surface area contributed by atoms with Crippen molar-refractivity contribution in [2.45, 2.75) is 32.6 Å². The van der Waals surface area contributed by atoms with Crippen LogP contribution in [0.3, 0.4) is 0 Å². The molecule has 0 saturated carbocycles. The maximum atomic E-state index is 4.16. The van der Waals surface area contributed by atoms with Gasteiger partial charge in [-0.3, -0.25) is 4.98 Å². The van der Waals surface area contributed by atoms with Crippen LogP contribution in [0.5, 0.6) is 0 Å². The van der Waals surface area contributed by atoms with Crippen molar-refractivity contribution in [3.05, 3.63) is 29.6 Å². The van der Waals surface area contributed by atoms with Crippen LogP contribution in [0.2, 0.25) is 0 Å². The van der Waals surface area contributed by atoms with Crippen LogP contribution in [0.4, 0.5) is 0 Å². The van der Waals surface area contributed by atoms with Crippen LogP contribution < -0.4 is 0 Å². The van der Waals surface area contributed by atoms with Gasteiger partial charge in [-0.15, -0.1) is 0 Å². The van der Waals surface area contributed by atoms with Crippen LogP contribution in [-0.4, -0.2) is 4.98 Å². The number of aryl methyl sites for hydroxylation is 1. The van der Waals surface area contributed by atoms with Gasteiger partial charge in [0.1, 0.15) is 0 Å². The summed E-state index contributed by atoms with van der Waals surface area (Å²) in [6, 6.07) is 2.18. The van der Waals surface area contributed by atoms with Crippen LogP contribution in [0.1, 0.15) is 37.3 Å². The molecule has 0 saturated heterocycles. The Balaban J connectivity index is 2.42. The molecule has 0 spiro atoms. The molecule has 64 valence electrons. The highest BCUT2D eigenvalue weighted by Gasteiger charge is 2.21. The molecule has 12 heavy (non-hydrogen) atoms. The molecule has 1 aliphatic carbocycles. The van der Waals surface area contributed by atoms with E-state index in [-0.39, 0.29) is 0 Å². The Morgan fingerprint density at radius 1 is 1.42 bits per heavy atom. The predicted molar refractivity (Wildman–Crippen MR) is 50.1 cm³/mol. The van der Waals surface area contributed by atoms with Crippen molar-refractivity contribution in [2.24, 2.45) is 5.92 Å². The quantitative estimate of drug-likeness (QED) is 0.570. The molecule has 1 aromatic rings. The lowest BCUT2D eigenvalue weighted by Crippen LogP contribution is -2.15. The fourth-order valence-corrected chi connectivity index (χ4v) is 2.03. The summed E-state index contributed by atoms with van der Waals surface area (Å²) in [5.41, 5.74) is 2.98. The zero-order valence-corrected chi connectivity index (χ0v) is 7.75. The third-order valence-corrected chi connectivity index (χ3v) is 3.15. The monoisotopic (exact) mass is 161 g/mol. The van der Waals surface area contributed by atoms with Gasteiger partial charge < -0.3 is 0 Å². The zero-order valence-electron chi connectivity index (χ0n) is 7.75. The second kappa shape index (κ2) is 2.89. The number of hydrogen-bond donors (Lipinski definition) is 0. The molecule has 0 radical (unpaired) electrons. The fourth-order valence-electron chi connectivity index (χ4n) is 2.03. The van der Waals surface area contributed by atoms with E-state index in [4.69, 9.17) is 0 Å². The predicted octanol–water partition coefficient (Wildman–Crippen LogP) is 2.77. The zero-order chi connectivity index (χ0) is 8.55. The second-order valence-electron chi connectivity index (χ2n) is 3.88. The lowest BCUT2D eigenvalue weighted by Gasteiger charge is -2.27. The summed E-state index contributed by atoms with van der Waals surface area (Å²) in [7, 11) is 0. The van der Waals surface area contributed by atoms with Gasteiger partial charge in [0.2, 0.25) is 0 Å². The molecule has 1 heterocycles. The van der Waals surface area contributed by atoms with Gasteiger partial charge in [0, 0.05) is 12.4 Å². The first kappa shape index (κ1) is 7.78. The molecule has 1 nitrogen and oxygen atoms in total. The van der Waals surface area contributed by atoms with E-state index in [1.165, 1.54) is 24.0 Å². The molecule has 0 amide bonds. The van der Waals surface area contributed by atoms with Gasteiger partial charge in [-0.05, 0) is 41.9 Å². The summed E-state index contributed by atoms with van der Waals surface area (Å²) in [5.74, 6) is 1.55. The Labute approximate surface area is 73.8 Å². The van der Waals surface area contributed by atoms with Crippen molar-refractivity contribution in [3.63, 3.8) is 0 Å². The molecule has 2 rings (SSSR count). The standard InChI is InChI=1S/C11H15N/c1-8-3-4-10-7-12-6-5-11(10)9(8)2/h5-9H,3-4H2,1-2H3. The van der Waals surface area contributed by atoms with Crippen molar-refractivity contribution in [2.75, 3.05) is 0 Å². The number of hydrogen-bond acceptors (Lipinski definition) is 1. The third-order valence-electron chi connectivity index (χ3n) is 3.15. The second-order valence-corrected chi connectivity index (χ2v) is 3.88. The Kier molecular flexibility index (Phi) is 1.87. The van der Waals surface area contributed by atoms with E-state index in [2.05, 4.69) is 24.9 Å². The molecule has 0 aliphatic heterocycles. The molecule has 1 aliphatic rings. The topological polar surface area (TPSA) is 12.9 Å². The minimum Gasteiger partial charge on any atom is -0.264 e. The molecule has 0 N–H and O–H groups in total. The van der Waals surface area contributed by atoms with Gasteiger partial charge >= 0.3 is 0 Å². The van der Waals surface area contributed by atoms with Crippen molar-refractivity contribution in [1.29, 1.82) is 0 Å². The van der Waals surface area contributed by atoms with E-state index in [9.17, 15) is 0 Å². The minimum atomic E-state index is 0.719. The lowest BCUT2D eigenvalue weighted by molar-refractivity contribution is 0.425. The fraction of sp³-hybridized carbons (Fsp3) is 0.545. The maximum Gasteiger partial charge on any atom is 0.0302 e. The summed E-state index contributed by atoms with van der Waals surface area (Å²) >= 11 is 0. The summed E-state index contributed by atoms with van der Waals surface area (Å²) in [4.78, 5) is 4.16. The summed E-state index contributed by atoms with van der Waals surface area (Å²) in [6.45, 7) is 4.66. The van der Waals surface area contributed by atoms with Crippen LogP contribution in [-0.2, 0) is 6.42 Å². The highest BCUT2D eigenvalue weighted by atomic mass is 14.6. The van der Waals surface area contributed by atoms with Crippen molar-refractivity contribution in [3.8, 4) is 0 Å². The summed E-state index contributed by atoms with van der Waals surface area (Å²) < 4.78 is 0. The molecular formula is C11H15N. The van der Waals surface area contributed by atoms with Crippen LogP contribution in [0.15, 0.2) is 18.5 Å². The maximum absolute atomic E-state index is 4.16. The Morgan fingerprint density at radius 3 is 3.08 bits per heavy atom. The van der Waals surface area contributed by atoms with E-state index in [1.807, 2.05) is 12.4 Å². The summed E-state index contributed by atoms with van der Waals surface area (Å²) in [6.07, 6.45) is 6.47. The van der Waals surface area contributed by atoms with Crippen molar-refractivity contribution >= 4 is 0 Å². The van der Waals surface area contributed by atoms with Gasteiger partial charge in [0.05, 0.1) is 0 Å². The van der Waals surface area contributed by atoms with Gasteiger partial charge in [-0.25, -0.2) is 0 Å². The SMILES string of the molecule is CC1CCc2cnccc2C1C. The normalized spacial score (nSPS) is 28.2. The minimum absolute atomic E-state index is 0.719. The van der Waals surface area contributed by atoms with E-state index < -0.39 is 0 Å². The number of rotatable bonds is 0. The van der Waals surface area contributed by atoms with Gasteiger partial charge in [0.15, 0.2) is 0 Å². The van der Waals surface area contributed by atoms with Crippen molar-refractivity contribution < 1.29 is 0 Å². The van der Waals surface area contributed by atoms with E-state index in [0.29, 0.717) is 0 Å². The van der Waals surface area contributed by atoms with E-state index in [1.54, 1.807) is 0 Å². The molecule has 1 aromatic heterocycles. The Bertz CT molecular complexity index is 280. The number of pyridine rings is 1. The van der Waals surface area contributed by atoms with Crippen LogP contribution in [0, 0.1) is 5.92 Å². The average Bonchev–Trinajstić information content (AvgIpc) is 2.12. The van der Waals surface area contributed by atoms with Gasteiger partial charge in [0.25, 0.3) is 0 Å². The highest BCUT2D eigenvalue weighted by Crippen LogP contribution is 2.34. The largest absolute Gasteiger partial charge is 0.264 e. The third kappa shape index (κ3) is 1.13. The van der Waals surface area contributed by atoms with E-state index in [0.717, 1.165) is 11.8 Å². The van der Waals surface area contributed by atoms with Gasteiger partial charge in [-0.1, -0.05) is 13.8 Å². The average molecular weight is 161 g/mol. The lowest BCUT2D eigenvalue weighted by atomic mass is 9.78. The molecule has 2 atom stereocenters. The molecule has 0 aromatic carbocycles. The molecule has 1 heteroatoms.